The molecule has 134 valence electrons. The summed E-state index contributed by atoms with van der Waals surface area (Å²) in [7, 11) is 5.07. The highest BCUT2D eigenvalue weighted by atomic mass is 16.5. The highest BCUT2D eigenvalue weighted by Gasteiger charge is 2.19. The number of methoxy groups -OCH3 is 2. The zero-order valence-corrected chi connectivity index (χ0v) is 14.8. The number of nitrogens with one attached hydrogen (secondary N) is 1. The van der Waals surface area contributed by atoms with Crippen molar-refractivity contribution in [3.8, 4) is 17.2 Å². The van der Waals surface area contributed by atoms with Gasteiger partial charge in [-0.15, -0.1) is 0 Å². The van der Waals surface area contributed by atoms with Gasteiger partial charge in [-0.1, -0.05) is 0 Å². The summed E-state index contributed by atoms with van der Waals surface area (Å²) >= 11 is 0. The van der Waals surface area contributed by atoms with E-state index in [-0.39, 0.29) is 5.91 Å². The van der Waals surface area contributed by atoms with E-state index in [1.807, 2.05) is 19.2 Å². The number of hydrogen-bond donors (Lipinski definition) is 1. The van der Waals surface area contributed by atoms with Gasteiger partial charge in [-0.05, 0) is 25.8 Å². The van der Waals surface area contributed by atoms with Crippen LogP contribution in [0.5, 0.6) is 17.2 Å². The Labute approximate surface area is 144 Å². The first kappa shape index (κ1) is 18.4. The van der Waals surface area contributed by atoms with Crippen LogP contribution in [-0.2, 0) is 4.79 Å². The maximum absolute atomic E-state index is 12.1. The number of carbonyl (C=O) groups is 1. The van der Waals surface area contributed by atoms with Gasteiger partial charge in [0.25, 0.3) is 0 Å². The Kier molecular flexibility index (Phi) is 7.18. The second-order valence-electron chi connectivity index (χ2n) is 6.06. The van der Waals surface area contributed by atoms with E-state index in [0.717, 1.165) is 19.4 Å². The van der Waals surface area contributed by atoms with Gasteiger partial charge in [-0.3, -0.25) is 4.79 Å². The molecule has 0 aliphatic carbocycles. The van der Waals surface area contributed by atoms with Crippen LogP contribution in [0.4, 0.5) is 0 Å². The molecule has 0 spiro atoms. The van der Waals surface area contributed by atoms with E-state index in [1.165, 1.54) is 6.42 Å². The van der Waals surface area contributed by atoms with Crippen molar-refractivity contribution in [3.05, 3.63) is 18.2 Å². The number of amides is 1. The summed E-state index contributed by atoms with van der Waals surface area (Å²) in [5.74, 6) is 2.29. The Hall–Kier alpha value is -1.95. The van der Waals surface area contributed by atoms with Gasteiger partial charge in [0.05, 0.1) is 20.8 Å². The van der Waals surface area contributed by atoms with Gasteiger partial charge in [0.15, 0.2) is 0 Å². The molecular formula is C18H28N2O4. The fraction of sp³-hybridized carbons (Fsp3) is 0.611. The quantitative estimate of drug-likeness (QED) is 0.700. The molecule has 1 fully saturated rings. The van der Waals surface area contributed by atoms with E-state index < -0.39 is 0 Å². The summed E-state index contributed by atoms with van der Waals surface area (Å²) in [4.78, 5) is 13.9. The monoisotopic (exact) mass is 336 g/mol. The first-order valence-electron chi connectivity index (χ1n) is 8.45. The standard InChI is InChI=1S/C18H28N2O4/c1-20(18(21)10-14-6-4-7-19-14)8-5-9-24-17-12-15(22-2)11-16(13-17)23-3/h11-14,19H,4-10H2,1-3H3. The zero-order valence-electron chi connectivity index (χ0n) is 14.8. The van der Waals surface area contributed by atoms with Crippen LogP contribution in [0.3, 0.4) is 0 Å². The Morgan fingerprint density at radius 3 is 2.46 bits per heavy atom. The second-order valence-corrected chi connectivity index (χ2v) is 6.06. The van der Waals surface area contributed by atoms with Gasteiger partial charge in [0, 0.05) is 44.3 Å². The van der Waals surface area contributed by atoms with Crippen LogP contribution in [0.2, 0.25) is 0 Å². The minimum absolute atomic E-state index is 0.192. The number of carbonyl (C=O) groups excluding carboxylic acids is 1. The van der Waals surface area contributed by atoms with E-state index in [9.17, 15) is 4.79 Å². The van der Waals surface area contributed by atoms with Crippen molar-refractivity contribution in [3.63, 3.8) is 0 Å². The fourth-order valence-electron chi connectivity index (χ4n) is 2.78. The summed E-state index contributed by atoms with van der Waals surface area (Å²) in [5.41, 5.74) is 0. The Morgan fingerprint density at radius 1 is 1.21 bits per heavy atom. The third-order valence-electron chi connectivity index (χ3n) is 4.24. The smallest absolute Gasteiger partial charge is 0.223 e. The van der Waals surface area contributed by atoms with Crippen molar-refractivity contribution in [2.45, 2.75) is 31.7 Å². The fourth-order valence-corrected chi connectivity index (χ4v) is 2.78. The topological polar surface area (TPSA) is 60.0 Å². The van der Waals surface area contributed by atoms with Gasteiger partial charge in [0.1, 0.15) is 17.2 Å². The highest BCUT2D eigenvalue weighted by molar-refractivity contribution is 5.76. The van der Waals surface area contributed by atoms with Crippen molar-refractivity contribution in [1.29, 1.82) is 0 Å². The molecule has 6 heteroatoms. The average molecular weight is 336 g/mol. The second kappa shape index (κ2) is 9.37. The van der Waals surface area contributed by atoms with Crippen LogP contribution < -0.4 is 19.5 Å². The minimum Gasteiger partial charge on any atom is -0.496 e. The molecule has 0 saturated carbocycles. The lowest BCUT2D eigenvalue weighted by molar-refractivity contribution is -0.130. The maximum atomic E-state index is 12.1. The van der Waals surface area contributed by atoms with Crippen LogP contribution >= 0.6 is 0 Å². The van der Waals surface area contributed by atoms with Crippen molar-refractivity contribution >= 4 is 5.91 Å². The maximum Gasteiger partial charge on any atom is 0.223 e. The molecule has 1 N–H and O–H groups in total. The Balaban J connectivity index is 1.70. The van der Waals surface area contributed by atoms with Crippen molar-refractivity contribution in [2.24, 2.45) is 0 Å². The normalized spacial score (nSPS) is 16.7. The lowest BCUT2D eigenvalue weighted by Crippen LogP contribution is -2.34. The molecule has 24 heavy (non-hydrogen) atoms. The Bertz CT molecular complexity index is 508. The third kappa shape index (κ3) is 5.60. The van der Waals surface area contributed by atoms with Crippen LogP contribution in [0.15, 0.2) is 18.2 Å². The van der Waals surface area contributed by atoms with Crippen LogP contribution in [-0.4, -0.2) is 57.8 Å². The molecule has 1 unspecified atom stereocenters. The third-order valence-corrected chi connectivity index (χ3v) is 4.24. The number of rotatable bonds is 9. The summed E-state index contributed by atoms with van der Waals surface area (Å²) < 4.78 is 16.2. The molecule has 2 rings (SSSR count). The first-order chi connectivity index (χ1) is 11.6. The van der Waals surface area contributed by atoms with Gasteiger partial charge in [0.2, 0.25) is 5.91 Å². The number of hydrogen-bond acceptors (Lipinski definition) is 5. The molecule has 0 bridgehead atoms. The van der Waals surface area contributed by atoms with Crippen molar-refractivity contribution in [1.82, 2.24) is 10.2 Å². The minimum atomic E-state index is 0.192. The molecule has 1 heterocycles. The highest BCUT2D eigenvalue weighted by Crippen LogP contribution is 2.27. The molecule has 1 atom stereocenters. The van der Waals surface area contributed by atoms with E-state index in [4.69, 9.17) is 14.2 Å². The molecule has 1 aromatic carbocycles. The number of ether oxygens (including phenoxy) is 3. The lowest BCUT2D eigenvalue weighted by atomic mass is 10.1. The molecule has 1 aliphatic heterocycles. The predicted molar refractivity (Wildman–Crippen MR) is 92.9 cm³/mol. The SMILES string of the molecule is COc1cc(OC)cc(OCCCN(C)C(=O)CC2CCCN2)c1. The molecule has 1 amide bonds. The average Bonchev–Trinajstić information content (AvgIpc) is 3.11. The van der Waals surface area contributed by atoms with Crippen LogP contribution in [0, 0.1) is 0 Å². The summed E-state index contributed by atoms with van der Waals surface area (Å²) in [6.07, 6.45) is 3.63. The molecular weight excluding hydrogens is 308 g/mol. The summed E-state index contributed by atoms with van der Waals surface area (Å²) in [6, 6.07) is 5.79. The van der Waals surface area contributed by atoms with Gasteiger partial charge in [-0.2, -0.15) is 0 Å². The largest absolute Gasteiger partial charge is 0.496 e. The molecule has 0 radical (unpaired) electrons. The molecule has 0 aromatic heterocycles. The molecule has 6 nitrogen and oxygen atoms in total. The Morgan fingerprint density at radius 2 is 1.88 bits per heavy atom. The van der Waals surface area contributed by atoms with E-state index in [2.05, 4.69) is 5.32 Å². The number of benzene rings is 1. The van der Waals surface area contributed by atoms with Crippen molar-refractivity contribution in [2.75, 3.05) is 41.0 Å². The summed E-state index contributed by atoms with van der Waals surface area (Å²) in [6.45, 7) is 2.25. The van der Waals surface area contributed by atoms with E-state index >= 15 is 0 Å². The summed E-state index contributed by atoms with van der Waals surface area (Å²) in [5, 5.41) is 3.36. The van der Waals surface area contributed by atoms with E-state index in [1.54, 1.807) is 25.2 Å². The van der Waals surface area contributed by atoms with Gasteiger partial charge >= 0.3 is 0 Å². The van der Waals surface area contributed by atoms with Gasteiger partial charge in [-0.25, -0.2) is 0 Å². The van der Waals surface area contributed by atoms with Crippen LogP contribution in [0.25, 0.3) is 0 Å². The van der Waals surface area contributed by atoms with E-state index in [0.29, 0.717) is 42.9 Å². The first-order valence-corrected chi connectivity index (χ1v) is 8.45. The van der Waals surface area contributed by atoms with Crippen LogP contribution in [0.1, 0.15) is 25.7 Å². The molecule has 1 saturated heterocycles. The molecule has 1 aromatic rings. The lowest BCUT2D eigenvalue weighted by Gasteiger charge is -2.19. The molecule has 1 aliphatic rings. The number of nitrogens with zero attached hydrogens (tertiary/aromatic N) is 1. The van der Waals surface area contributed by atoms with Crippen molar-refractivity contribution < 1.29 is 19.0 Å². The van der Waals surface area contributed by atoms with Gasteiger partial charge < -0.3 is 24.4 Å². The zero-order chi connectivity index (χ0) is 17.4. The predicted octanol–water partition coefficient (Wildman–Crippen LogP) is 2.07.